The summed E-state index contributed by atoms with van der Waals surface area (Å²) in [5.41, 5.74) is 1.23. The Bertz CT molecular complexity index is 512. The van der Waals surface area contributed by atoms with Crippen LogP contribution in [0.1, 0.15) is 32.3 Å². The monoisotopic (exact) mass is 335 g/mol. The van der Waals surface area contributed by atoms with Gasteiger partial charge in [-0.2, -0.15) is 0 Å². The van der Waals surface area contributed by atoms with Gasteiger partial charge in [-0.15, -0.1) is 11.8 Å². The zero-order valence-corrected chi connectivity index (χ0v) is 14.7. The molecule has 0 saturated carbocycles. The van der Waals surface area contributed by atoms with E-state index >= 15 is 0 Å². The molecule has 1 aliphatic rings. The molecule has 0 aromatic heterocycles. The molecule has 0 radical (unpaired) electrons. The number of hydrogen-bond acceptors (Lipinski definition) is 4. The summed E-state index contributed by atoms with van der Waals surface area (Å²) in [5, 5.41) is -0.0608. The normalized spacial score (nSPS) is 16.9. The van der Waals surface area contributed by atoms with Gasteiger partial charge in [0.05, 0.1) is 17.8 Å². The van der Waals surface area contributed by atoms with E-state index in [0.717, 1.165) is 5.75 Å². The third-order valence-corrected chi connectivity index (χ3v) is 5.32. The quantitative estimate of drug-likeness (QED) is 0.750. The lowest BCUT2D eigenvalue weighted by molar-refractivity contribution is -0.151. The average Bonchev–Trinajstić information content (AvgIpc) is 2.60. The number of nitrogens with zero attached hydrogens (tertiary/aromatic N) is 1. The second-order valence-electron chi connectivity index (χ2n) is 5.79. The highest BCUT2D eigenvalue weighted by Crippen LogP contribution is 2.23. The van der Waals surface area contributed by atoms with Gasteiger partial charge in [0.25, 0.3) is 0 Å². The molecule has 5 heteroatoms. The largest absolute Gasteiger partial charge is 0.466 e. The molecule has 23 heavy (non-hydrogen) atoms. The molecule has 0 N–H and O–H groups in total. The Morgan fingerprint density at radius 1 is 1.26 bits per heavy atom. The maximum absolute atomic E-state index is 12.5. The molecular weight excluding hydrogens is 310 g/mol. The molecule has 1 heterocycles. The molecule has 1 aromatic carbocycles. The highest BCUT2D eigenvalue weighted by atomic mass is 32.2. The smallest absolute Gasteiger partial charge is 0.309 e. The number of carbonyl (C=O) groups is 2. The molecule has 0 spiro atoms. The van der Waals surface area contributed by atoms with Crippen molar-refractivity contribution in [2.24, 2.45) is 5.92 Å². The number of benzene rings is 1. The maximum atomic E-state index is 12.5. The molecule has 1 aromatic rings. The van der Waals surface area contributed by atoms with E-state index in [1.54, 1.807) is 11.8 Å². The van der Waals surface area contributed by atoms with Crippen molar-refractivity contribution in [2.45, 2.75) is 37.7 Å². The summed E-state index contributed by atoms with van der Waals surface area (Å²) < 4.78 is 5.07. The van der Waals surface area contributed by atoms with Crippen LogP contribution in [0.3, 0.4) is 0 Å². The number of amides is 1. The van der Waals surface area contributed by atoms with E-state index in [-0.39, 0.29) is 23.0 Å². The summed E-state index contributed by atoms with van der Waals surface area (Å²) in [7, 11) is 0. The molecule has 1 atom stereocenters. The van der Waals surface area contributed by atoms with Gasteiger partial charge in [-0.05, 0) is 32.3 Å². The molecule has 1 fully saturated rings. The van der Waals surface area contributed by atoms with Crippen LogP contribution in [-0.2, 0) is 20.1 Å². The molecule has 1 amide bonds. The van der Waals surface area contributed by atoms with Crippen LogP contribution >= 0.6 is 11.8 Å². The Morgan fingerprint density at radius 2 is 1.91 bits per heavy atom. The molecule has 1 aliphatic heterocycles. The number of hydrogen-bond donors (Lipinski definition) is 0. The van der Waals surface area contributed by atoms with Crippen LogP contribution in [0.2, 0.25) is 0 Å². The number of likely N-dealkylation sites (tertiary alicyclic amines) is 1. The van der Waals surface area contributed by atoms with Gasteiger partial charge in [0.2, 0.25) is 5.91 Å². The van der Waals surface area contributed by atoms with Gasteiger partial charge in [-0.3, -0.25) is 9.59 Å². The zero-order valence-electron chi connectivity index (χ0n) is 13.9. The van der Waals surface area contributed by atoms with Crippen molar-refractivity contribution in [2.75, 3.05) is 19.7 Å². The van der Waals surface area contributed by atoms with Gasteiger partial charge in [0.15, 0.2) is 0 Å². The third-order valence-electron chi connectivity index (χ3n) is 4.12. The molecule has 2 rings (SSSR count). The van der Waals surface area contributed by atoms with Crippen molar-refractivity contribution < 1.29 is 14.3 Å². The predicted molar refractivity (Wildman–Crippen MR) is 93.1 cm³/mol. The van der Waals surface area contributed by atoms with Gasteiger partial charge in [-0.1, -0.05) is 30.3 Å². The van der Waals surface area contributed by atoms with Gasteiger partial charge in [0, 0.05) is 18.8 Å². The second-order valence-corrected chi connectivity index (χ2v) is 7.12. The van der Waals surface area contributed by atoms with Crippen LogP contribution in [0.15, 0.2) is 30.3 Å². The van der Waals surface area contributed by atoms with Crippen molar-refractivity contribution >= 4 is 23.6 Å². The lowest BCUT2D eigenvalue weighted by atomic mass is 9.97. The highest BCUT2D eigenvalue weighted by molar-refractivity contribution is 7.99. The highest BCUT2D eigenvalue weighted by Gasteiger charge is 2.30. The first-order valence-electron chi connectivity index (χ1n) is 8.22. The van der Waals surface area contributed by atoms with Crippen molar-refractivity contribution in [1.29, 1.82) is 0 Å². The number of esters is 1. The Morgan fingerprint density at radius 3 is 2.52 bits per heavy atom. The lowest BCUT2D eigenvalue weighted by Gasteiger charge is -2.32. The first-order valence-corrected chi connectivity index (χ1v) is 9.27. The van der Waals surface area contributed by atoms with Crippen LogP contribution in [0.4, 0.5) is 0 Å². The molecule has 4 nitrogen and oxygen atoms in total. The van der Waals surface area contributed by atoms with Crippen molar-refractivity contribution in [3.63, 3.8) is 0 Å². The first kappa shape index (κ1) is 17.9. The summed E-state index contributed by atoms with van der Waals surface area (Å²) in [6.07, 6.45) is 1.42. The summed E-state index contributed by atoms with van der Waals surface area (Å²) >= 11 is 1.66. The van der Waals surface area contributed by atoms with E-state index in [2.05, 4.69) is 12.1 Å². The van der Waals surface area contributed by atoms with Crippen LogP contribution in [0.5, 0.6) is 0 Å². The van der Waals surface area contributed by atoms with E-state index < -0.39 is 0 Å². The third kappa shape index (κ3) is 5.27. The van der Waals surface area contributed by atoms with E-state index in [9.17, 15) is 9.59 Å². The van der Waals surface area contributed by atoms with Crippen LogP contribution in [0.25, 0.3) is 0 Å². The number of ether oxygens (including phenoxy) is 1. The van der Waals surface area contributed by atoms with Crippen molar-refractivity contribution in [3.8, 4) is 0 Å². The fourth-order valence-corrected chi connectivity index (χ4v) is 3.65. The standard InChI is InChI=1S/C18H25NO3S/c1-3-22-18(21)16-9-11-19(12-10-16)17(20)14(2)23-13-15-7-5-4-6-8-15/h4-8,14,16H,3,9-13H2,1-2H3/t14-/m0/s1. The summed E-state index contributed by atoms with van der Waals surface area (Å²) in [4.78, 5) is 26.1. The fraction of sp³-hybridized carbons (Fsp3) is 0.556. The molecule has 126 valence electrons. The summed E-state index contributed by atoms with van der Waals surface area (Å²) in [5.74, 6) is 0.846. The molecular formula is C18H25NO3S. The van der Waals surface area contributed by atoms with E-state index in [1.165, 1.54) is 5.56 Å². The minimum atomic E-state index is -0.119. The molecule has 0 unspecified atom stereocenters. The van der Waals surface area contributed by atoms with Gasteiger partial charge in [0.1, 0.15) is 0 Å². The average molecular weight is 335 g/mol. The first-order chi connectivity index (χ1) is 11.1. The van der Waals surface area contributed by atoms with Gasteiger partial charge in [-0.25, -0.2) is 0 Å². The van der Waals surface area contributed by atoms with E-state index in [4.69, 9.17) is 4.74 Å². The Labute approximate surface area is 142 Å². The number of carbonyl (C=O) groups excluding carboxylic acids is 2. The predicted octanol–water partition coefficient (Wildman–Crippen LogP) is 3.11. The Kier molecular flexibility index (Phi) is 6.96. The minimum Gasteiger partial charge on any atom is -0.466 e. The number of thioether (sulfide) groups is 1. The lowest BCUT2D eigenvalue weighted by Crippen LogP contribution is -2.43. The van der Waals surface area contributed by atoms with Crippen LogP contribution in [0, 0.1) is 5.92 Å². The van der Waals surface area contributed by atoms with Crippen LogP contribution in [-0.4, -0.2) is 41.7 Å². The molecule has 0 bridgehead atoms. The number of rotatable bonds is 6. The topological polar surface area (TPSA) is 46.6 Å². The Hall–Kier alpha value is -1.49. The summed E-state index contributed by atoms with van der Waals surface area (Å²) in [6.45, 7) is 5.51. The summed E-state index contributed by atoms with van der Waals surface area (Å²) in [6, 6.07) is 10.2. The second kappa shape index (κ2) is 8.96. The SMILES string of the molecule is CCOC(=O)C1CCN(C(=O)[C@H](C)SCc2ccccc2)CC1. The zero-order chi connectivity index (χ0) is 16.7. The van der Waals surface area contributed by atoms with E-state index in [0.29, 0.717) is 32.5 Å². The van der Waals surface area contributed by atoms with E-state index in [1.807, 2.05) is 36.9 Å². The number of piperidine rings is 1. The maximum Gasteiger partial charge on any atom is 0.309 e. The van der Waals surface area contributed by atoms with Gasteiger partial charge >= 0.3 is 5.97 Å². The van der Waals surface area contributed by atoms with Crippen LogP contribution < -0.4 is 0 Å². The van der Waals surface area contributed by atoms with Gasteiger partial charge < -0.3 is 9.64 Å². The van der Waals surface area contributed by atoms with Crippen molar-refractivity contribution in [3.05, 3.63) is 35.9 Å². The fourth-order valence-electron chi connectivity index (χ4n) is 2.72. The molecule has 0 aliphatic carbocycles. The molecule has 1 saturated heterocycles. The van der Waals surface area contributed by atoms with Crippen molar-refractivity contribution in [1.82, 2.24) is 4.90 Å². The minimum absolute atomic E-state index is 0.0497. The Balaban J connectivity index is 1.76.